The second-order valence-electron chi connectivity index (χ2n) is 4.00. The lowest BCUT2D eigenvalue weighted by molar-refractivity contribution is 0.368. The standard InChI is InChI=1S/C10H19/c1-8(2)10-6-4-9(3)5-7-10/h8-9H,4-7H2,1-3H3. The van der Waals surface area contributed by atoms with E-state index in [-0.39, 0.29) is 0 Å². The van der Waals surface area contributed by atoms with Crippen LogP contribution in [-0.2, 0) is 0 Å². The minimum atomic E-state index is 0.840. The maximum atomic E-state index is 2.37. The predicted molar refractivity (Wildman–Crippen MR) is 45.7 cm³/mol. The van der Waals surface area contributed by atoms with Gasteiger partial charge in [-0.3, -0.25) is 0 Å². The molecule has 0 aromatic carbocycles. The number of hydrogen-bond acceptors (Lipinski definition) is 0. The van der Waals surface area contributed by atoms with E-state index in [0.29, 0.717) is 0 Å². The Morgan fingerprint density at radius 3 is 2.10 bits per heavy atom. The topological polar surface area (TPSA) is 0 Å². The van der Waals surface area contributed by atoms with E-state index < -0.39 is 0 Å². The van der Waals surface area contributed by atoms with Crippen LogP contribution in [0, 0.1) is 17.8 Å². The van der Waals surface area contributed by atoms with Crippen LogP contribution in [0.1, 0.15) is 46.5 Å². The summed E-state index contributed by atoms with van der Waals surface area (Å²) in [4.78, 5) is 0. The minimum Gasteiger partial charge on any atom is -0.0625 e. The Bertz CT molecular complexity index is 86.2. The third-order valence-electron chi connectivity index (χ3n) is 2.73. The molecule has 1 rings (SSSR count). The van der Waals surface area contributed by atoms with Crippen molar-refractivity contribution in [2.45, 2.75) is 46.5 Å². The Morgan fingerprint density at radius 1 is 1.20 bits per heavy atom. The minimum absolute atomic E-state index is 0.840. The van der Waals surface area contributed by atoms with Crippen molar-refractivity contribution in [3.63, 3.8) is 0 Å². The highest BCUT2D eigenvalue weighted by Crippen LogP contribution is 2.34. The smallest absolute Gasteiger partial charge is 0.0215 e. The molecule has 10 heavy (non-hydrogen) atoms. The van der Waals surface area contributed by atoms with E-state index in [2.05, 4.69) is 20.8 Å². The largest absolute Gasteiger partial charge is 0.0625 e. The highest BCUT2D eigenvalue weighted by Gasteiger charge is 2.20. The van der Waals surface area contributed by atoms with Gasteiger partial charge in [-0.05, 0) is 30.6 Å². The van der Waals surface area contributed by atoms with Crippen molar-refractivity contribution >= 4 is 0 Å². The van der Waals surface area contributed by atoms with E-state index in [4.69, 9.17) is 0 Å². The quantitative estimate of drug-likeness (QED) is 0.522. The van der Waals surface area contributed by atoms with Gasteiger partial charge in [0.1, 0.15) is 0 Å². The maximum absolute atomic E-state index is 2.37. The second kappa shape index (κ2) is 3.41. The van der Waals surface area contributed by atoms with Crippen molar-refractivity contribution in [2.24, 2.45) is 11.8 Å². The molecule has 0 aromatic heterocycles. The Hall–Kier alpha value is 0. The highest BCUT2D eigenvalue weighted by atomic mass is 14.3. The van der Waals surface area contributed by atoms with Crippen LogP contribution in [0.2, 0.25) is 0 Å². The monoisotopic (exact) mass is 139 g/mol. The summed E-state index contributed by atoms with van der Waals surface area (Å²) >= 11 is 0. The average molecular weight is 139 g/mol. The molecule has 0 heterocycles. The fraction of sp³-hybridized carbons (Fsp3) is 0.900. The molecule has 1 aliphatic carbocycles. The van der Waals surface area contributed by atoms with Crippen molar-refractivity contribution in [2.75, 3.05) is 0 Å². The van der Waals surface area contributed by atoms with Crippen LogP contribution in [0.3, 0.4) is 0 Å². The van der Waals surface area contributed by atoms with Gasteiger partial charge in [0.05, 0.1) is 0 Å². The van der Waals surface area contributed by atoms with Gasteiger partial charge in [-0.1, -0.05) is 33.6 Å². The fourth-order valence-electron chi connectivity index (χ4n) is 1.71. The summed E-state index contributed by atoms with van der Waals surface area (Å²) in [7, 11) is 0. The summed E-state index contributed by atoms with van der Waals surface area (Å²) in [6.07, 6.45) is 5.68. The van der Waals surface area contributed by atoms with E-state index in [1.54, 1.807) is 5.92 Å². The van der Waals surface area contributed by atoms with Crippen LogP contribution < -0.4 is 0 Å². The molecule has 0 saturated heterocycles. The van der Waals surface area contributed by atoms with Crippen LogP contribution >= 0.6 is 0 Å². The zero-order chi connectivity index (χ0) is 7.56. The van der Waals surface area contributed by atoms with Gasteiger partial charge >= 0.3 is 0 Å². The lowest BCUT2D eigenvalue weighted by Crippen LogP contribution is -2.14. The van der Waals surface area contributed by atoms with Gasteiger partial charge in [0.15, 0.2) is 0 Å². The molecule has 0 atom stereocenters. The molecule has 0 aromatic rings. The number of rotatable bonds is 1. The molecule has 0 amide bonds. The SMILES string of the molecule is CC1CC[C](C(C)C)CC1. The van der Waals surface area contributed by atoms with Crippen molar-refractivity contribution in [3.05, 3.63) is 5.92 Å². The van der Waals surface area contributed by atoms with Gasteiger partial charge in [-0.15, -0.1) is 0 Å². The zero-order valence-corrected chi connectivity index (χ0v) is 7.48. The normalized spacial score (nSPS) is 24.0. The molecule has 0 bridgehead atoms. The van der Waals surface area contributed by atoms with Gasteiger partial charge in [0.2, 0.25) is 0 Å². The highest BCUT2D eigenvalue weighted by molar-refractivity contribution is 4.96. The van der Waals surface area contributed by atoms with E-state index in [0.717, 1.165) is 11.8 Å². The molecule has 1 fully saturated rings. The van der Waals surface area contributed by atoms with Crippen LogP contribution in [-0.4, -0.2) is 0 Å². The van der Waals surface area contributed by atoms with Gasteiger partial charge in [0, 0.05) is 0 Å². The lowest BCUT2D eigenvalue weighted by Gasteiger charge is -2.28. The summed E-state index contributed by atoms with van der Waals surface area (Å²) in [5, 5.41) is 0. The maximum Gasteiger partial charge on any atom is -0.0215 e. The molecule has 0 unspecified atom stereocenters. The van der Waals surface area contributed by atoms with Crippen LogP contribution in [0.5, 0.6) is 0 Å². The summed E-state index contributed by atoms with van der Waals surface area (Å²) in [5.74, 6) is 3.63. The lowest BCUT2D eigenvalue weighted by atomic mass is 9.78. The Kier molecular flexibility index (Phi) is 2.76. The zero-order valence-electron chi connectivity index (χ0n) is 7.48. The summed E-state index contributed by atoms with van der Waals surface area (Å²) in [5.41, 5.74) is 0. The number of hydrogen-bond donors (Lipinski definition) is 0. The van der Waals surface area contributed by atoms with Crippen LogP contribution in [0.15, 0.2) is 0 Å². The predicted octanol–water partition coefficient (Wildman–Crippen LogP) is 3.43. The Labute approximate surface area is 65.0 Å². The third-order valence-corrected chi connectivity index (χ3v) is 2.73. The van der Waals surface area contributed by atoms with Gasteiger partial charge in [0.25, 0.3) is 0 Å². The molecular formula is C10H19. The molecule has 0 heteroatoms. The van der Waals surface area contributed by atoms with Crippen LogP contribution in [0.4, 0.5) is 0 Å². The van der Waals surface area contributed by atoms with Crippen molar-refractivity contribution in [3.8, 4) is 0 Å². The van der Waals surface area contributed by atoms with Crippen molar-refractivity contribution in [1.82, 2.24) is 0 Å². The first kappa shape index (κ1) is 8.10. The molecule has 59 valence electrons. The van der Waals surface area contributed by atoms with Gasteiger partial charge in [-0.2, -0.15) is 0 Å². The molecular weight excluding hydrogens is 120 g/mol. The summed E-state index contributed by atoms with van der Waals surface area (Å²) < 4.78 is 0. The van der Waals surface area contributed by atoms with E-state index in [1.165, 1.54) is 25.7 Å². The average Bonchev–Trinajstić information content (AvgIpc) is 1.88. The Balaban J connectivity index is 2.26. The molecule has 1 aliphatic rings. The first-order valence-electron chi connectivity index (χ1n) is 4.54. The fourth-order valence-corrected chi connectivity index (χ4v) is 1.71. The summed E-state index contributed by atoms with van der Waals surface area (Å²) in [6, 6.07) is 0. The first-order valence-corrected chi connectivity index (χ1v) is 4.54. The molecule has 0 aliphatic heterocycles. The molecule has 1 radical (unpaired) electrons. The van der Waals surface area contributed by atoms with Gasteiger partial charge in [-0.25, -0.2) is 0 Å². The summed E-state index contributed by atoms with van der Waals surface area (Å²) in [6.45, 7) is 7.02. The van der Waals surface area contributed by atoms with Crippen molar-refractivity contribution in [1.29, 1.82) is 0 Å². The third kappa shape index (κ3) is 2.00. The molecule has 0 spiro atoms. The van der Waals surface area contributed by atoms with Gasteiger partial charge < -0.3 is 0 Å². The molecule has 0 N–H and O–H groups in total. The second-order valence-corrected chi connectivity index (χ2v) is 4.00. The molecule has 1 saturated carbocycles. The van der Waals surface area contributed by atoms with E-state index >= 15 is 0 Å². The molecule has 0 nitrogen and oxygen atoms in total. The van der Waals surface area contributed by atoms with E-state index in [1.807, 2.05) is 0 Å². The van der Waals surface area contributed by atoms with E-state index in [9.17, 15) is 0 Å². The Morgan fingerprint density at radius 2 is 1.70 bits per heavy atom. The van der Waals surface area contributed by atoms with Crippen molar-refractivity contribution < 1.29 is 0 Å². The van der Waals surface area contributed by atoms with Crippen LogP contribution in [0.25, 0.3) is 0 Å². The first-order chi connectivity index (χ1) is 4.70.